The SMILES string of the molecule is COCCNCC(C)Oc1ccc(C)cc1C. The monoisotopic (exact) mass is 237 g/mol. The van der Waals surface area contributed by atoms with Gasteiger partial charge in [0.25, 0.3) is 0 Å². The second-order valence-electron chi connectivity index (χ2n) is 4.39. The van der Waals surface area contributed by atoms with Crippen LogP contribution in [0.1, 0.15) is 18.1 Å². The van der Waals surface area contributed by atoms with Crippen LogP contribution in [-0.4, -0.2) is 32.9 Å². The smallest absolute Gasteiger partial charge is 0.122 e. The minimum Gasteiger partial charge on any atom is -0.489 e. The maximum absolute atomic E-state index is 5.88. The summed E-state index contributed by atoms with van der Waals surface area (Å²) in [6, 6.07) is 6.25. The summed E-state index contributed by atoms with van der Waals surface area (Å²) >= 11 is 0. The Morgan fingerprint density at radius 2 is 2.06 bits per heavy atom. The van der Waals surface area contributed by atoms with Gasteiger partial charge in [-0.15, -0.1) is 0 Å². The fourth-order valence-electron chi connectivity index (χ4n) is 1.67. The zero-order chi connectivity index (χ0) is 12.7. The van der Waals surface area contributed by atoms with Gasteiger partial charge in [-0.05, 0) is 32.4 Å². The van der Waals surface area contributed by atoms with Crippen LogP contribution in [0.3, 0.4) is 0 Å². The van der Waals surface area contributed by atoms with Gasteiger partial charge in [-0.3, -0.25) is 0 Å². The van der Waals surface area contributed by atoms with Crippen LogP contribution in [-0.2, 0) is 4.74 Å². The highest BCUT2D eigenvalue weighted by Crippen LogP contribution is 2.19. The second kappa shape index (κ2) is 7.30. The standard InChI is InChI=1S/C14H23NO2/c1-11-5-6-14(12(2)9-11)17-13(3)10-15-7-8-16-4/h5-6,9,13,15H,7-8,10H2,1-4H3. The lowest BCUT2D eigenvalue weighted by Crippen LogP contribution is -2.31. The molecule has 0 saturated carbocycles. The first-order valence-corrected chi connectivity index (χ1v) is 6.07. The number of benzene rings is 1. The van der Waals surface area contributed by atoms with Crippen molar-refractivity contribution in [3.63, 3.8) is 0 Å². The summed E-state index contributed by atoms with van der Waals surface area (Å²) < 4.78 is 10.8. The third-order valence-electron chi connectivity index (χ3n) is 2.57. The minimum absolute atomic E-state index is 0.160. The van der Waals surface area contributed by atoms with E-state index in [-0.39, 0.29) is 6.10 Å². The van der Waals surface area contributed by atoms with Crippen LogP contribution in [0, 0.1) is 13.8 Å². The Morgan fingerprint density at radius 3 is 2.71 bits per heavy atom. The van der Waals surface area contributed by atoms with E-state index in [9.17, 15) is 0 Å². The summed E-state index contributed by atoms with van der Waals surface area (Å²) in [6.45, 7) is 8.66. The maximum atomic E-state index is 5.88. The number of nitrogens with one attached hydrogen (secondary N) is 1. The highest BCUT2D eigenvalue weighted by atomic mass is 16.5. The Kier molecular flexibility index (Phi) is 6.01. The van der Waals surface area contributed by atoms with Crippen LogP contribution in [0.5, 0.6) is 5.75 Å². The van der Waals surface area contributed by atoms with Gasteiger partial charge < -0.3 is 14.8 Å². The van der Waals surface area contributed by atoms with E-state index in [1.165, 1.54) is 11.1 Å². The summed E-state index contributed by atoms with van der Waals surface area (Å²) in [5.41, 5.74) is 2.45. The van der Waals surface area contributed by atoms with Crippen molar-refractivity contribution in [2.45, 2.75) is 26.9 Å². The molecule has 1 unspecified atom stereocenters. The lowest BCUT2D eigenvalue weighted by molar-refractivity contribution is 0.184. The number of ether oxygens (including phenoxy) is 2. The molecule has 0 aliphatic rings. The molecule has 3 heteroatoms. The molecule has 1 aromatic rings. The Balaban J connectivity index is 2.37. The molecule has 17 heavy (non-hydrogen) atoms. The predicted molar refractivity (Wildman–Crippen MR) is 70.8 cm³/mol. The quantitative estimate of drug-likeness (QED) is 0.738. The first-order valence-electron chi connectivity index (χ1n) is 6.07. The maximum Gasteiger partial charge on any atom is 0.122 e. The Morgan fingerprint density at radius 1 is 1.29 bits per heavy atom. The van der Waals surface area contributed by atoms with Crippen molar-refractivity contribution in [2.24, 2.45) is 0 Å². The van der Waals surface area contributed by atoms with Crippen molar-refractivity contribution < 1.29 is 9.47 Å². The van der Waals surface area contributed by atoms with Gasteiger partial charge in [0.2, 0.25) is 0 Å². The summed E-state index contributed by atoms with van der Waals surface area (Å²) in [5, 5.41) is 3.29. The van der Waals surface area contributed by atoms with Crippen LogP contribution in [0.15, 0.2) is 18.2 Å². The molecule has 3 nitrogen and oxygen atoms in total. The van der Waals surface area contributed by atoms with Crippen LogP contribution in [0.4, 0.5) is 0 Å². The van der Waals surface area contributed by atoms with E-state index in [1.807, 2.05) is 6.07 Å². The van der Waals surface area contributed by atoms with Gasteiger partial charge in [0.15, 0.2) is 0 Å². The summed E-state index contributed by atoms with van der Waals surface area (Å²) in [4.78, 5) is 0. The zero-order valence-corrected chi connectivity index (χ0v) is 11.2. The molecule has 1 N–H and O–H groups in total. The lowest BCUT2D eigenvalue weighted by atomic mass is 10.1. The number of hydrogen-bond acceptors (Lipinski definition) is 3. The molecule has 0 spiro atoms. The molecule has 1 atom stereocenters. The topological polar surface area (TPSA) is 30.5 Å². The predicted octanol–water partition coefficient (Wildman–Crippen LogP) is 2.31. The Labute approximate surface area is 104 Å². The van der Waals surface area contributed by atoms with Gasteiger partial charge in [-0.2, -0.15) is 0 Å². The largest absolute Gasteiger partial charge is 0.489 e. The fourth-order valence-corrected chi connectivity index (χ4v) is 1.67. The number of methoxy groups -OCH3 is 1. The number of aryl methyl sites for hydroxylation is 2. The molecular weight excluding hydrogens is 214 g/mol. The molecule has 0 radical (unpaired) electrons. The first kappa shape index (κ1) is 14.0. The van der Waals surface area contributed by atoms with Crippen molar-refractivity contribution in [1.29, 1.82) is 0 Å². The minimum atomic E-state index is 0.160. The van der Waals surface area contributed by atoms with Crippen LogP contribution >= 0.6 is 0 Å². The average Bonchev–Trinajstić information content (AvgIpc) is 2.28. The molecule has 0 saturated heterocycles. The average molecular weight is 237 g/mol. The molecule has 0 fully saturated rings. The number of rotatable bonds is 7. The molecular formula is C14H23NO2. The van der Waals surface area contributed by atoms with Crippen molar-refractivity contribution in [2.75, 3.05) is 26.8 Å². The van der Waals surface area contributed by atoms with Crippen molar-refractivity contribution in [3.05, 3.63) is 29.3 Å². The van der Waals surface area contributed by atoms with E-state index in [1.54, 1.807) is 7.11 Å². The van der Waals surface area contributed by atoms with Crippen molar-refractivity contribution in [1.82, 2.24) is 5.32 Å². The second-order valence-corrected chi connectivity index (χ2v) is 4.39. The molecule has 1 rings (SSSR count). The Hall–Kier alpha value is -1.06. The summed E-state index contributed by atoms with van der Waals surface area (Å²) in [7, 11) is 1.71. The van der Waals surface area contributed by atoms with Gasteiger partial charge >= 0.3 is 0 Å². The van der Waals surface area contributed by atoms with Crippen LogP contribution < -0.4 is 10.1 Å². The van der Waals surface area contributed by atoms with E-state index in [0.717, 1.165) is 25.4 Å². The van der Waals surface area contributed by atoms with E-state index in [0.29, 0.717) is 0 Å². The van der Waals surface area contributed by atoms with E-state index in [4.69, 9.17) is 9.47 Å². The van der Waals surface area contributed by atoms with Crippen molar-refractivity contribution in [3.8, 4) is 5.75 Å². The molecule has 0 amide bonds. The molecule has 0 aliphatic heterocycles. The van der Waals surface area contributed by atoms with E-state index >= 15 is 0 Å². The van der Waals surface area contributed by atoms with Gasteiger partial charge in [0.05, 0.1) is 6.61 Å². The Bertz CT molecular complexity index is 339. The fraction of sp³-hybridized carbons (Fsp3) is 0.571. The molecule has 0 aliphatic carbocycles. The third-order valence-corrected chi connectivity index (χ3v) is 2.57. The zero-order valence-electron chi connectivity index (χ0n) is 11.2. The van der Waals surface area contributed by atoms with Crippen LogP contribution in [0.2, 0.25) is 0 Å². The molecule has 1 aromatic carbocycles. The van der Waals surface area contributed by atoms with Gasteiger partial charge in [0, 0.05) is 20.2 Å². The van der Waals surface area contributed by atoms with Crippen molar-refractivity contribution >= 4 is 0 Å². The summed E-state index contributed by atoms with van der Waals surface area (Å²) in [6.07, 6.45) is 0.160. The normalized spacial score (nSPS) is 12.5. The highest BCUT2D eigenvalue weighted by Gasteiger charge is 2.05. The van der Waals surface area contributed by atoms with E-state index < -0.39 is 0 Å². The lowest BCUT2D eigenvalue weighted by Gasteiger charge is -2.17. The van der Waals surface area contributed by atoms with Gasteiger partial charge in [-0.25, -0.2) is 0 Å². The number of hydrogen-bond donors (Lipinski definition) is 1. The van der Waals surface area contributed by atoms with E-state index in [2.05, 4.69) is 38.2 Å². The third kappa shape index (κ3) is 5.20. The first-order chi connectivity index (χ1) is 8.13. The summed E-state index contributed by atoms with van der Waals surface area (Å²) in [5.74, 6) is 0.969. The van der Waals surface area contributed by atoms with Crippen LogP contribution in [0.25, 0.3) is 0 Å². The molecule has 0 bridgehead atoms. The molecule has 0 heterocycles. The molecule has 0 aromatic heterocycles. The highest BCUT2D eigenvalue weighted by molar-refractivity contribution is 5.35. The van der Waals surface area contributed by atoms with Gasteiger partial charge in [-0.1, -0.05) is 17.7 Å². The molecule has 96 valence electrons. The van der Waals surface area contributed by atoms with Gasteiger partial charge in [0.1, 0.15) is 11.9 Å².